The Balaban J connectivity index is 1.52. The Bertz CT molecular complexity index is 1090. The maximum Gasteiger partial charge on any atom is 0.239 e. The molecule has 31 heavy (non-hydrogen) atoms. The van der Waals surface area contributed by atoms with Crippen molar-refractivity contribution >= 4 is 29.1 Å². The summed E-state index contributed by atoms with van der Waals surface area (Å²) < 4.78 is 0. The molecule has 0 aliphatic carbocycles. The minimum absolute atomic E-state index is 0.0761. The number of nitrogens with zero attached hydrogens (tertiary/aromatic N) is 2. The van der Waals surface area contributed by atoms with Gasteiger partial charge in [-0.3, -0.25) is 24.1 Å². The number of aryl methyl sites for hydroxylation is 1. The van der Waals surface area contributed by atoms with Gasteiger partial charge in [0.25, 0.3) is 0 Å². The zero-order valence-electron chi connectivity index (χ0n) is 17.6. The molecule has 3 aliphatic heterocycles. The molecule has 6 heteroatoms. The lowest BCUT2D eigenvalue weighted by Gasteiger charge is -2.27. The molecular weight excluding hydrogens is 392 g/mol. The number of carbonyl (C=O) groups excluding carboxylic acids is 4. The van der Waals surface area contributed by atoms with Crippen molar-refractivity contribution in [3.05, 3.63) is 65.2 Å². The second-order valence-corrected chi connectivity index (χ2v) is 8.79. The van der Waals surface area contributed by atoms with E-state index in [1.165, 1.54) is 11.8 Å². The number of rotatable bonds is 4. The van der Waals surface area contributed by atoms with E-state index in [9.17, 15) is 19.2 Å². The van der Waals surface area contributed by atoms with Crippen molar-refractivity contribution < 1.29 is 19.2 Å². The topological polar surface area (TPSA) is 74.8 Å². The molecule has 3 aliphatic rings. The molecule has 158 valence electrons. The van der Waals surface area contributed by atoms with Gasteiger partial charge in [0.15, 0.2) is 11.6 Å². The first kappa shape index (κ1) is 19.8. The molecule has 3 saturated heterocycles. The molecule has 5 rings (SSSR count). The minimum atomic E-state index is -0.668. The number of amides is 2. The van der Waals surface area contributed by atoms with Gasteiger partial charge in [-0.25, -0.2) is 4.90 Å². The molecule has 0 spiro atoms. The Hall–Kier alpha value is -3.12. The highest BCUT2D eigenvalue weighted by molar-refractivity contribution is 6.24. The third kappa shape index (κ3) is 2.97. The summed E-state index contributed by atoms with van der Waals surface area (Å²) in [5.74, 6) is -1.88. The van der Waals surface area contributed by atoms with E-state index >= 15 is 0 Å². The summed E-state index contributed by atoms with van der Waals surface area (Å²) >= 11 is 0. The molecule has 0 unspecified atom stereocenters. The molecule has 3 fully saturated rings. The molecule has 2 aromatic rings. The van der Waals surface area contributed by atoms with Gasteiger partial charge in [0.2, 0.25) is 11.8 Å². The number of benzene rings is 2. The average molecular weight is 416 g/mol. The third-order valence-corrected chi connectivity index (χ3v) is 6.99. The largest absolute Gasteiger partial charge is 0.295 e. The molecule has 0 aromatic heterocycles. The second-order valence-electron chi connectivity index (χ2n) is 8.79. The zero-order valence-corrected chi connectivity index (χ0v) is 17.6. The number of hydrogen-bond donors (Lipinski definition) is 0. The van der Waals surface area contributed by atoms with Crippen molar-refractivity contribution in [2.75, 3.05) is 11.4 Å². The fourth-order valence-corrected chi connectivity index (χ4v) is 5.50. The maximum absolute atomic E-state index is 13.5. The Morgan fingerprint density at radius 3 is 2.13 bits per heavy atom. The van der Waals surface area contributed by atoms with Crippen molar-refractivity contribution in [1.82, 2.24) is 4.90 Å². The van der Waals surface area contributed by atoms with Crippen LogP contribution in [-0.2, 0) is 9.59 Å². The van der Waals surface area contributed by atoms with Gasteiger partial charge >= 0.3 is 0 Å². The molecule has 0 saturated carbocycles. The van der Waals surface area contributed by atoms with E-state index in [1.807, 2.05) is 19.1 Å². The van der Waals surface area contributed by atoms with Crippen molar-refractivity contribution in [3.63, 3.8) is 0 Å². The SMILES string of the molecule is CC(=O)c1ccc(N2C(=O)[C@@H]3[C@H](C2=O)[C@@H](C(=O)c2ccc(C)cc2)N2CCC[C@@H]32)cc1. The van der Waals surface area contributed by atoms with Gasteiger partial charge in [-0.15, -0.1) is 0 Å². The van der Waals surface area contributed by atoms with Gasteiger partial charge in [-0.05, 0) is 57.5 Å². The molecule has 4 atom stereocenters. The van der Waals surface area contributed by atoms with E-state index in [0.717, 1.165) is 24.9 Å². The lowest BCUT2D eigenvalue weighted by Crippen LogP contribution is -2.46. The molecule has 0 N–H and O–H groups in total. The lowest BCUT2D eigenvalue weighted by molar-refractivity contribution is -0.123. The van der Waals surface area contributed by atoms with Crippen LogP contribution in [0.15, 0.2) is 48.5 Å². The van der Waals surface area contributed by atoms with Crippen LogP contribution in [0.5, 0.6) is 0 Å². The van der Waals surface area contributed by atoms with Crippen molar-refractivity contribution in [1.29, 1.82) is 0 Å². The fourth-order valence-electron chi connectivity index (χ4n) is 5.50. The lowest BCUT2D eigenvalue weighted by atomic mass is 9.85. The van der Waals surface area contributed by atoms with Gasteiger partial charge < -0.3 is 0 Å². The molecular formula is C25H24N2O4. The highest BCUT2D eigenvalue weighted by Crippen LogP contribution is 2.48. The Kier molecular flexibility index (Phi) is 4.63. The first-order chi connectivity index (χ1) is 14.9. The van der Waals surface area contributed by atoms with Crippen LogP contribution in [0.4, 0.5) is 5.69 Å². The molecule has 2 aromatic carbocycles. The Morgan fingerprint density at radius 1 is 0.871 bits per heavy atom. The molecule has 0 radical (unpaired) electrons. The van der Waals surface area contributed by atoms with Crippen LogP contribution in [0, 0.1) is 18.8 Å². The van der Waals surface area contributed by atoms with Crippen LogP contribution in [-0.4, -0.2) is 46.9 Å². The zero-order chi connectivity index (χ0) is 21.9. The minimum Gasteiger partial charge on any atom is -0.295 e. The molecule has 3 heterocycles. The van der Waals surface area contributed by atoms with Gasteiger partial charge in [-0.2, -0.15) is 0 Å². The van der Waals surface area contributed by atoms with Gasteiger partial charge in [0.05, 0.1) is 23.6 Å². The summed E-state index contributed by atoms with van der Waals surface area (Å²) in [7, 11) is 0. The highest BCUT2D eigenvalue weighted by atomic mass is 16.2. The maximum atomic E-state index is 13.5. The van der Waals surface area contributed by atoms with E-state index in [0.29, 0.717) is 16.8 Å². The predicted octanol–water partition coefficient (Wildman–Crippen LogP) is 3.03. The Morgan fingerprint density at radius 2 is 1.48 bits per heavy atom. The number of hydrogen-bond acceptors (Lipinski definition) is 5. The Labute approximate surface area is 180 Å². The van der Waals surface area contributed by atoms with E-state index in [-0.39, 0.29) is 29.4 Å². The fraction of sp³-hybridized carbons (Fsp3) is 0.360. The molecule has 6 nitrogen and oxygen atoms in total. The quantitative estimate of drug-likeness (QED) is 0.566. The standard InChI is InChI=1S/C25H24N2O4/c1-14-5-7-17(8-6-14)23(29)22-21-20(19-4-3-13-26(19)22)24(30)27(25(21)31)18-11-9-16(10-12-18)15(2)28/h5-12,19-22H,3-4,13H2,1-2H3/t19-,20-,21-,22-/m0/s1. The predicted molar refractivity (Wildman–Crippen MR) is 115 cm³/mol. The number of imide groups is 1. The number of fused-ring (bicyclic) bond motifs is 3. The van der Waals surface area contributed by atoms with E-state index in [1.54, 1.807) is 36.4 Å². The molecule has 0 bridgehead atoms. The van der Waals surface area contributed by atoms with E-state index < -0.39 is 17.9 Å². The first-order valence-corrected chi connectivity index (χ1v) is 10.7. The molecule has 2 amide bonds. The van der Waals surface area contributed by atoms with Crippen molar-refractivity contribution in [2.24, 2.45) is 11.8 Å². The summed E-state index contributed by atoms with van der Waals surface area (Å²) in [6, 6.07) is 13.2. The van der Waals surface area contributed by atoms with E-state index in [4.69, 9.17) is 0 Å². The monoisotopic (exact) mass is 416 g/mol. The van der Waals surface area contributed by atoms with Crippen LogP contribution < -0.4 is 4.90 Å². The van der Waals surface area contributed by atoms with E-state index in [2.05, 4.69) is 4.90 Å². The van der Waals surface area contributed by atoms with Crippen LogP contribution in [0.25, 0.3) is 0 Å². The van der Waals surface area contributed by atoms with Crippen LogP contribution in [0.2, 0.25) is 0 Å². The second kappa shape index (κ2) is 7.24. The van der Waals surface area contributed by atoms with Gasteiger partial charge in [0, 0.05) is 17.2 Å². The van der Waals surface area contributed by atoms with Crippen molar-refractivity contribution in [3.8, 4) is 0 Å². The highest BCUT2D eigenvalue weighted by Gasteiger charge is 2.64. The van der Waals surface area contributed by atoms with Crippen molar-refractivity contribution in [2.45, 2.75) is 38.8 Å². The van der Waals surface area contributed by atoms with Gasteiger partial charge in [-0.1, -0.05) is 29.8 Å². The van der Waals surface area contributed by atoms with Crippen LogP contribution in [0.3, 0.4) is 0 Å². The number of carbonyl (C=O) groups is 4. The first-order valence-electron chi connectivity index (χ1n) is 10.7. The summed E-state index contributed by atoms with van der Waals surface area (Å²) in [5, 5.41) is 0. The number of anilines is 1. The smallest absolute Gasteiger partial charge is 0.239 e. The number of ketones is 2. The van der Waals surface area contributed by atoms with Crippen LogP contribution >= 0.6 is 0 Å². The summed E-state index contributed by atoms with van der Waals surface area (Å²) in [4.78, 5) is 55.3. The number of Topliss-reactive ketones (excluding diaryl/α,β-unsaturated/α-hetero) is 2. The normalized spacial score (nSPS) is 27.5. The van der Waals surface area contributed by atoms with Gasteiger partial charge in [0.1, 0.15) is 0 Å². The third-order valence-electron chi connectivity index (χ3n) is 6.99. The van der Waals surface area contributed by atoms with Crippen LogP contribution in [0.1, 0.15) is 46.0 Å². The average Bonchev–Trinajstić information content (AvgIpc) is 3.40. The summed E-state index contributed by atoms with van der Waals surface area (Å²) in [6.45, 7) is 4.17. The summed E-state index contributed by atoms with van der Waals surface area (Å²) in [6.07, 6.45) is 1.73. The summed E-state index contributed by atoms with van der Waals surface area (Å²) in [5.41, 5.74) is 2.62.